The normalized spacial score (nSPS) is 10.8. The van der Waals surface area contributed by atoms with Gasteiger partial charge in [0.15, 0.2) is 5.69 Å². The van der Waals surface area contributed by atoms with Crippen molar-refractivity contribution in [2.45, 2.75) is 6.54 Å². The molecule has 0 saturated heterocycles. The van der Waals surface area contributed by atoms with E-state index in [-0.39, 0.29) is 5.69 Å². The average Bonchev–Trinajstić information content (AvgIpc) is 2.69. The summed E-state index contributed by atoms with van der Waals surface area (Å²) in [6.07, 6.45) is 1.83. The summed E-state index contributed by atoms with van der Waals surface area (Å²) < 4.78 is 1.81. The van der Waals surface area contributed by atoms with Crippen LogP contribution >= 0.6 is 0 Å². The Morgan fingerprint density at radius 3 is 2.83 bits per heavy atom. The summed E-state index contributed by atoms with van der Waals surface area (Å²) >= 11 is 0. The summed E-state index contributed by atoms with van der Waals surface area (Å²) in [5.74, 6) is -0.322. The van der Waals surface area contributed by atoms with E-state index in [1.165, 1.54) is 0 Å². The first-order valence-electron chi connectivity index (χ1n) is 5.61. The second kappa shape index (κ2) is 4.66. The Balaban J connectivity index is 2.78. The number of rotatable bonds is 4. The number of hydrogen-bond donors (Lipinski definition) is 2. The lowest BCUT2D eigenvalue weighted by Gasteiger charge is -2.14. The molecule has 6 nitrogen and oxygen atoms in total. The first-order valence-corrected chi connectivity index (χ1v) is 5.61. The summed E-state index contributed by atoms with van der Waals surface area (Å²) in [5, 5.41) is 12.2. The molecule has 2 N–H and O–H groups in total. The van der Waals surface area contributed by atoms with Crippen LogP contribution < -0.4 is 10.2 Å². The summed E-state index contributed by atoms with van der Waals surface area (Å²) in [5.41, 5.74) is 1.55. The van der Waals surface area contributed by atoms with Gasteiger partial charge in [-0.1, -0.05) is 0 Å². The lowest BCUT2D eigenvalue weighted by atomic mass is 10.2. The second-order valence-electron chi connectivity index (χ2n) is 4.22. The van der Waals surface area contributed by atoms with Gasteiger partial charge in [0.2, 0.25) is 0 Å². The molecule has 0 fully saturated rings. The van der Waals surface area contributed by atoms with E-state index in [2.05, 4.69) is 10.3 Å². The number of imidazole rings is 1. The van der Waals surface area contributed by atoms with E-state index in [1.807, 2.05) is 41.7 Å². The third-order valence-electron chi connectivity index (χ3n) is 2.74. The molecule has 0 atom stereocenters. The molecule has 0 spiro atoms. The fraction of sp³-hybridized carbons (Fsp3) is 0.333. The Morgan fingerprint density at radius 2 is 2.28 bits per heavy atom. The van der Waals surface area contributed by atoms with E-state index in [9.17, 15) is 9.90 Å². The lowest BCUT2D eigenvalue weighted by Crippen LogP contribution is -2.12. The number of hydrogen-bond acceptors (Lipinski definition) is 4. The van der Waals surface area contributed by atoms with Crippen molar-refractivity contribution in [3.63, 3.8) is 0 Å². The fourth-order valence-electron chi connectivity index (χ4n) is 1.98. The molecule has 0 aliphatic carbocycles. The van der Waals surface area contributed by atoms with Gasteiger partial charge in [0.05, 0.1) is 12.2 Å². The zero-order valence-corrected chi connectivity index (χ0v) is 10.6. The Bertz CT molecular complexity index is 589. The lowest BCUT2D eigenvalue weighted by molar-refractivity contribution is 0.0693. The van der Waals surface area contributed by atoms with Crippen LogP contribution in [0.1, 0.15) is 16.3 Å². The van der Waals surface area contributed by atoms with Gasteiger partial charge >= 0.3 is 5.97 Å². The molecule has 2 heterocycles. The molecule has 2 aromatic heterocycles. The summed E-state index contributed by atoms with van der Waals surface area (Å²) in [6.45, 7) is 0.519. The zero-order chi connectivity index (χ0) is 13.3. The molecule has 0 aliphatic heterocycles. The molecule has 18 heavy (non-hydrogen) atoms. The number of aromatic nitrogens is 2. The third kappa shape index (κ3) is 1.91. The maximum Gasteiger partial charge on any atom is 0.356 e. The van der Waals surface area contributed by atoms with Crippen LogP contribution in [0.2, 0.25) is 0 Å². The molecule has 0 bridgehead atoms. The molecule has 0 aliphatic rings. The number of fused-ring (bicyclic) bond motifs is 1. The van der Waals surface area contributed by atoms with Gasteiger partial charge in [0.1, 0.15) is 11.3 Å². The van der Waals surface area contributed by atoms with Gasteiger partial charge < -0.3 is 15.3 Å². The predicted octanol–water partition coefficient (Wildman–Crippen LogP) is 0.818. The summed E-state index contributed by atoms with van der Waals surface area (Å²) in [6, 6.07) is 3.77. The molecule has 0 unspecified atom stereocenters. The van der Waals surface area contributed by atoms with Crippen LogP contribution in [0, 0.1) is 0 Å². The average molecular weight is 248 g/mol. The summed E-state index contributed by atoms with van der Waals surface area (Å²) in [4.78, 5) is 17.4. The Hall–Kier alpha value is -2.08. The largest absolute Gasteiger partial charge is 0.476 e. The number of pyridine rings is 1. The monoisotopic (exact) mass is 248 g/mol. The van der Waals surface area contributed by atoms with Crippen molar-refractivity contribution in [3.05, 3.63) is 29.8 Å². The van der Waals surface area contributed by atoms with E-state index in [4.69, 9.17) is 0 Å². The fourth-order valence-corrected chi connectivity index (χ4v) is 1.98. The minimum atomic E-state index is -1.01. The molecule has 96 valence electrons. The molecule has 0 radical (unpaired) electrons. The maximum absolute atomic E-state index is 11.3. The van der Waals surface area contributed by atoms with Gasteiger partial charge in [0, 0.05) is 20.3 Å². The summed E-state index contributed by atoms with van der Waals surface area (Å²) in [7, 11) is 5.56. The van der Waals surface area contributed by atoms with Crippen molar-refractivity contribution in [1.82, 2.24) is 14.7 Å². The van der Waals surface area contributed by atoms with Crippen molar-refractivity contribution in [2.75, 3.05) is 26.0 Å². The molecule has 0 aromatic carbocycles. The minimum absolute atomic E-state index is 0.0875. The SMILES string of the molecule is CNCc1nc(C(=O)O)c2c(N(C)C)cccn12. The van der Waals surface area contributed by atoms with E-state index in [1.54, 1.807) is 7.05 Å². The minimum Gasteiger partial charge on any atom is -0.476 e. The van der Waals surface area contributed by atoms with Crippen LogP contribution in [-0.4, -0.2) is 41.6 Å². The highest BCUT2D eigenvalue weighted by atomic mass is 16.4. The highest BCUT2D eigenvalue weighted by Crippen LogP contribution is 2.24. The van der Waals surface area contributed by atoms with Gasteiger partial charge in [0.25, 0.3) is 0 Å². The van der Waals surface area contributed by atoms with Crippen molar-refractivity contribution in [1.29, 1.82) is 0 Å². The number of carboxylic acids is 1. The van der Waals surface area contributed by atoms with Crippen molar-refractivity contribution in [3.8, 4) is 0 Å². The third-order valence-corrected chi connectivity index (χ3v) is 2.74. The van der Waals surface area contributed by atoms with E-state index >= 15 is 0 Å². The van der Waals surface area contributed by atoms with Crippen LogP contribution in [0.15, 0.2) is 18.3 Å². The molecular formula is C12H16N4O2. The van der Waals surface area contributed by atoms with Crippen molar-refractivity contribution in [2.24, 2.45) is 0 Å². The number of aromatic carboxylic acids is 1. The first kappa shape index (κ1) is 12.4. The van der Waals surface area contributed by atoms with Gasteiger partial charge in [-0.05, 0) is 19.2 Å². The Morgan fingerprint density at radius 1 is 1.56 bits per heavy atom. The van der Waals surface area contributed by atoms with Crippen molar-refractivity contribution < 1.29 is 9.90 Å². The zero-order valence-electron chi connectivity index (χ0n) is 10.6. The number of nitrogens with one attached hydrogen (secondary N) is 1. The van der Waals surface area contributed by atoms with Gasteiger partial charge in [-0.25, -0.2) is 9.78 Å². The van der Waals surface area contributed by atoms with Crippen LogP contribution in [0.3, 0.4) is 0 Å². The molecule has 6 heteroatoms. The number of nitrogens with zero attached hydrogens (tertiary/aromatic N) is 3. The first-order chi connectivity index (χ1) is 8.56. The Labute approximate surface area is 105 Å². The standard InChI is InChI=1S/C12H16N4O2/c1-13-7-9-14-10(12(17)18)11-8(15(2)3)5-4-6-16(9)11/h4-6,13H,7H2,1-3H3,(H,17,18). The van der Waals surface area contributed by atoms with Crippen LogP contribution in [-0.2, 0) is 6.54 Å². The molecule has 2 rings (SSSR count). The van der Waals surface area contributed by atoms with E-state index in [0.717, 1.165) is 5.69 Å². The highest BCUT2D eigenvalue weighted by Gasteiger charge is 2.19. The topological polar surface area (TPSA) is 69.9 Å². The number of carboxylic acid groups (broad SMARTS) is 1. The van der Waals surface area contributed by atoms with Gasteiger partial charge in [-0.3, -0.25) is 4.40 Å². The van der Waals surface area contributed by atoms with E-state index < -0.39 is 5.97 Å². The second-order valence-corrected chi connectivity index (χ2v) is 4.22. The highest BCUT2D eigenvalue weighted by molar-refractivity contribution is 5.98. The van der Waals surface area contributed by atoms with Gasteiger partial charge in [-0.15, -0.1) is 0 Å². The van der Waals surface area contributed by atoms with Gasteiger partial charge in [-0.2, -0.15) is 0 Å². The molecular weight excluding hydrogens is 232 g/mol. The van der Waals surface area contributed by atoms with Crippen LogP contribution in [0.5, 0.6) is 0 Å². The van der Waals surface area contributed by atoms with Crippen molar-refractivity contribution >= 4 is 17.2 Å². The molecule has 0 amide bonds. The smallest absolute Gasteiger partial charge is 0.356 e. The number of carbonyl (C=O) groups is 1. The predicted molar refractivity (Wildman–Crippen MR) is 69.2 cm³/mol. The molecule has 2 aromatic rings. The Kier molecular flexibility index (Phi) is 3.20. The number of anilines is 1. The van der Waals surface area contributed by atoms with Crippen LogP contribution in [0.4, 0.5) is 5.69 Å². The molecule has 0 saturated carbocycles. The quantitative estimate of drug-likeness (QED) is 0.838. The van der Waals surface area contributed by atoms with E-state index in [0.29, 0.717) is 17.9 Å². The maximum atomic E-state index is 11.3. The van der Waals surface area contributed by atoms with Crippen LogP contribution in [0.25, 0.3) is 5.52 Å².